The summed E-state index contributed by atoms with van der Waals surface area (Å²) in [4.78, 5) is 11.9. The zero-order chi connectivity index (χ0) is 16.9. The fourth-order valence-electron chi connectivity index (χ4n) is 2.31. The van der Waals surface area contributed by atoms with Gasteiger partial charge in [0.25, 0.3) is 5.91 Å². The minimum absolute atomic E-state index is 0.104. The Bertz CT molecular complexity index is 735. The monoisotopic (exact) mass is 347 g/mol. The van der Waals surface area contributed by atoms with Crippen molar-refractivity contribution >= 4 is 17.5 Å². The van der Waals surface area contributed by atoms with Crippen LogP contribution in [0, 0.1) is 6.92 Å². The average molecular weight is 348 g/mol. The quantitative estimate of drug-likeness (QED) is 0.903. The molecule has 126 valence electrons. The van der Waals surface area contributed by atoms with E-state index in [0.717, 1.165) is 11.3 Å². The molecule has 1 unspecified atom stereocenters. The van der Waals surface area contributed by atoms with Crippen LogP contribution in [0.1, 0.15) is 5.56 Å². The van der Waals surface area contributed by atoms with Crippen molar-refractivity contribution in [2.24, 2.45) is 0 Å². The van der Waals surface area contributed by atoms with Gasteiger partial charge in [-0.3, -0.25) is 4.79 Å². The predicted molar refractivity (Wildman–Crippen MR) is 91.0 cm³/mol. The SMILES string of the molecule is Cc1ccc(Cl)c(OCC(=O)NCC2COc3ccccc3O2)c1. The zero-order valence-corrected chi connectivity index (χ0v) is 14.0. The van der Waals surface area contributed by atoms with Crippen molar-refractivity contribution in [3.63, 3.8) is 0 Å². The molecular weight excluding hydrogens is 330 g/mol. The molecule has 2 aromatic carbocycles. The summed E-state index contributed by atoms with van der Waals surface area (Å²) in [6.07, 6.45) is -0.230. The first-order chi connectivity index (χ1) is 11.6. The Morgan fingerprint density at radius 2 is 2.08 bits per heavy atom. The second-order valence-electron chi connectivity index (χ2n) is 5.52. The van der Waals surface area contributed by atoms with Gasteiger partial charge in [-0.1, -0.05) is 29.8 Å². The summed E-state index contributed by atoms with van der Waals surface area (Å²) in [6, 6.07) is 12.9. The Balaban J connectivity index is 1.46. The molecule has 0 fully saturated rings. The molecular formula is C18H18ClNO4. The number of hydrogen-bond donors (Lipinski definition) is 1. The summed E-state index contributed by atoms with van der Waals surface area (Å²) in [5, 5.41) is 3.26. The standard InChI is InChI=1S/C18H18ClNO4/c1-12-6-7-14(19)17(8-12)23-11-18(21)20-9-13-10-22-15-4-2-3-5-16(15)24-13/h2-8,13H,9-11H2,1H3,(H,20,21). The molecule has 0 saturated heterocycles. The first kappa shape index (κ1) is 16.5. The van der Waals surface area contributed by atoms with Crippen LogP contribution in [0.15, 0.2) is 42.5 Å². The number of carbonyl (C=O) groups is 1. The Labute approximate surface area is 145 Å². The third-order valence-corrected chi connectivity index (χ3v) is 3.85. The molecule has 2 aromatic rings. The summed E-state index contributed by atoms with van der Waals surface area (Å²) in [7, 11) is 0. The van der Waals surface area contributed by atoms with E-state index < -0.39 is 0 Å². The molecule has 5 nitrogen and oxygen atoms in total. The van der Waals surface area contributed by atoms with Crippen LogP contribution >= 0.6 is 11.6 Å². The van der Waals surface area contributed by atoms with E-state index in [0.29, 0.717) is 29.7 Å². The Morgan fingerprint density at radius 1 is 1.29 bits per heavy atom. The number of aryl methyl sites for hydroxylation is 1. The first-order valence-electron chi connectivity index (χ1n) is 7.66. The number of para-hydroxylation sites is 2. The van der Waals surface area contributed by atoms with Crippen molar-refractivity contribution < 1.29 is 19.0 Å². The number of benzene rings is 2. The molecule has 1 amide bonds. The van der Waals surface area contributed by atoms with Crippen molar-refractivity contribution in [2.45, 2.75) is 13.0 Å². The van der Waals surface area contributed by atoms with Gasteiger partial charge in [0.2, 0.25) is 0 Å². The van der Waals surface area contributed by atoms with Gasteiger partial charge < -0.3 is 19.5 Å². The summed E-state index contributed by atoms with van der Waals surface area (Å²) in [6.45, 7) is 2.56. The van der Waals surface area contributed by atoms with E-state index in [9.17, 15) is 4.79 Å². The van der Waals surface area contributed by atoms with Gasteiger partial charge in [-0.15, -0.1) is 0 Å². The van der Waals surface area contributed by atoms with E-state index in [1.54, 1.807) is 12.1 Å². The lowest BCUT2D eigenvalue weighted by molar-refractivity contribution is -0.123. The van der Waals surface area contributed by atoms with Crippen LogP contribution in [0.3, 0.4) is 0 Å². The van der Waals surface area contributed by atoms with Crippen LogP contribution in [0.25, 0.3) is 0 Å². The fraction of sp³-hybridized carbons (Fsp3) is 0.278. The fourth-order valence-corrected chi connectivity index (χ4v) is 2.48. The van der Waals surface area contributed by atoms with Gasteiger partial charge >= 0.3 is 0 Å². The molecule has 1 atom stereocenters. The number of carbonyl (C=O) groups excluding carboxylic acids is 1. The van der Waals surface area contributed by atoms with Crippen LogP contribution in [0.2, 0.25) is 5.02 Å². The summed E-state index contributed by atoms with van der Waals surface area (Å²) in [5.41, 5.74) is 1.02. The number of fused-ring (bicyclic) bond motifs is 1. The highest BCUT2D eigenvalue weighted by Crippen LogP contribution is 2.30. The molecule has 3 rings (SSSR count). The summed E-state index contributed by atoms with van der Waals surface area (Å²) >= 11 is 6.03. The van der Waals surface area contributed by atoms with E-state index in [4.69, 9.17) is 25.8 Å². The summed E-state index contributed by atoms with van der Waals surface area (Å²) < 4.78 is 16.8. The smallest absolute Gasteiger partial charge is 0.258 e. The Morgan fingerprint density at radius 3 is 2.92 bits per heavy atom. The van der Waals surface area contributed by atoms with Gasteiger partial charge in [0.05, 0.1) is 11.6 Å². The average Bonchev–Trinajstić information content (AvgIpc) is 2.60. The largest absolute Gasteiger partial charge is 0.486 e. The summed E-state index contributed by atoms with van der Waals surface area (Å²) in [5.74, 6) is 1.66. The highest BCUT2D eigenvalue weighted by atomic mass is 35.5. The van der Waals surface area contributed by atoms with Crippen molar-refractivity contribution in [2.75, 3.05) is 19.8 Å². The molecule has 6 heteroatoms. The number of ether oxygens (including phenoxy) is 3. The minimum atomic E-state index is -0.241. The van der Waals surface area contributed by atoms with Gasteiger partial charge in [-0.2, -0.15) is 0 Å². The van der Waals surface area contributed by atoms with Crippen LogP contribution in [-0.4, -0.2) is 31.8 Å². The molecule has 1 aliphatic rings. The molecule has 0 spiro atoms. The maximum atomic E-state index is 11.9. The Hall–Kier alpha value is -2.40. The van der Waals surface area contributed by atoms with E-state index in [-0.39, 0.29) is 18.6 Å². The number of halogens is 1. The molecule has 0 radical (unpaired) electrons. The van der Waals surface area contributed by atoms with E-state index in [1.807, 2.05) is 37.3 Å². The minimum Gasteiger partial charge on any atom is -0.486 e. The lowest BCUT2D eigenvalue weighted by atomic mass is 10.2. The molecule has 0 aliphatic carbocycles. The Kier molecular flexibility index (Phi) is 5.11. The maximum Gasteiger partial charge on any atom is 0.258 e. The number of amides is 1. The van der Waals surface area contributed by atoms with Crippen molar-refractivity contribution in [3.8, 4) is 17.2 Å². The number of hydrogen-bond acceptors (Lipinski definition) is 4. The molecule has 0 aromatic heterocycles. The number of nitrogens with one attached hydrogen (secondary N) is 1. The van der Waals surface area contributed by atoms with E-state index in [2.05, 4.69) is 5.32 Å². The van der Waals surface area contributed by atoms with Gasteiger partial charge in [0.1, 0.15) is 18.5 Å². The second kappa shape index (κ2) is 7.45. The van der Waals surface area contributed by atoms with Crippen LogP contribution in [-0.2, 0) is 4.79 Å². The molecule has 1 heterocycles. The highest BCUT2D eigenvalue weighted by molar-refractivity contribution is 6.32. The van der Waals surface area contributed by atoms with Crippen molar-refractivity contribution in [1.29, 1.82) is 0 Å². The molecule has 0 saturated carbocycles. The number of rotatable bonds is 5. The maximum absolute atomic E-state index is 11.9. The predicted octanol–water partition coefficient (Wildman–Crippen LogP) is 2.98. The molecule has 1 N–H and O–H groups in total. The van der Waals surface area contributed by atoms with Crippen molar-refractivity contribution in [3.05, 3.63) is 53.1 Å². The lowest BCUT2D eigenvalue weighted by Gasteiger charge is -2.26. The van der Waals surface area contributed by atoms with Gasteiger partial charge in [0.15, 0.2) is 18.1 Å². The van der Waals surface area contributed by atoms with Gasteiger partial charge in [-0.05, 0) is 36.8 Å². The topological polar surface area (TPSA) is 56.8 Å². The van der Waals surface area contributed by atoms with Crippen LogP contribution < -0.4 is 19.5 Å². The second-order valence-corrected chi connectivity index (χ2v) is 5.93. The van der Waals surface area contributed by atoms with Gasteiger partial charge in [-0.25, -0.2) is 0 Å². The molecule has 1 aliphatic heterocycles. The normalized spacial score (nSPS) is 15.7. The zero-order valence-electron chi connectivity index (χ0n) is 13.3. The third-order valence-electron chi connectivity index (χ3n) is 3.54. The highest BCUT2D eigenvalue weighted by Gasteiger charge is 2.21. The van der Waals surface area contributed by atoms with Crippen LogP contribution in [0.4, 0.5) is 0 Å². The molecule has 0 bridgehead atoms. The van der Waals surface area contributed by atoms with E-state index >= 15 is 0 Å². The third kappa shape index (κ3) is 4.11. The lowest BCUT2D eigenvalue weighted by Crippen LogP contribution is -2.42. The first-order valence-corrected chi connectivity index (χ1v) is 8.04. The van der Waals surface area contributed by atoms with E-state index in [1.165, 1.54) is 0 Å². The van der Waals surface area contributed by atoms with Crippen molar-refractivity contribution in [1.82, 2.24) is 5.32 Å². The molecule has 24 heavy (non-hydrogen) atoms. The van der Waals surface area contributed by atoms with Crippen LogP contribution in [0.5, 0.6) is 17.2 Å². The van der Waals surface area contributed by atoms with Gasteiger partial charge in [0, 0.05) is 0 Å².